The number of phenols is 1. The Bertz CT molecular complexity index is 6470. The number of aromatic nitrogens is 1. The van der Waals surface area contributed by atoms with E-state index in [1.54, 1.807) is 50.2 Å². The number of nitrogen functional groups attached to an aromatic ring is 1. The summed E-state index contributed by atoms with van der Waals surface area (Å²) in [7, 11) is 1.30. The number of amides is 12. The first-order valence-electron chi connectivity index (χ1n) is 44.2. The maximum Gasteiger partial charge on any atom is 0.310 e. The van der Waals surface area contributed by atoms with Gasteiger partial charge in [0.25, 0.3) is 53.2 Å². The average Bonchev–Trinajstić information content (AvgIpc) is 1.82. The molecule has 1 aromatic heterocycles. The van der Waals surface area contributed by atoms with Gasteiger partial charge in [0.1, 0.15) is 93.0 Å². The molecule has 16 rings (SSSR count). The van der Waals surface area contributed by atoms with Crippen LogP contribution in [0.2, 0.25) is 15.1 Å². The van der Waals surface area contributed by atoms with Crippen LogP contribution in [0.1, 0.15) is 78.3 Å². The number of aryl methyl sites for hydroxylation is 2. The van der Waals surface area contributed by atoms with Gasteiger partial charge in [-0.1, -0.05) is 162 Å². The second-order valence-corrected chi connectivity index (χ2v) is 34.4. The number of halogens is 4. The van der Waals surface area contributed by atoms with Crippen molar-refractivity contribution in [2.45, 2.75) is 108 Å². The average molecular weight is 2010 g/mol. The van der Waals surface area contributed by atoms with Crippen LogP contribution in [0.15, 0.2) is 212 Å². The van der Waals surface area contributed by atoms with Crippen LogP contribution in [0.4, 0.5) is 44.2 Å². The van der Waals surface area contributed by atoms with Crippen molar-refractivity contribution in [1.29, 1.82) is 0 Å². The van der Waals surface area contributed by atoms with E-state index in [4.69, 9.17) is 73.7 Å². The number of nitrogens with zero attached hydrogens (tertiary/aromatic N) is 7. The van der Waals surface area contributed by atoms with Gasteiger partial charge in [-0.05, 0) is 126 Å². The Morgan fingerprint density at radius 1 is 0.444 bits per heavy atom. The lowest BCUT2D eigenvalue weighted by Crippen LogP contribution is -2.55. The zero-order valence-electron chi connectivity index (χ0n) is 76.1. The number of phenolic OH excluding ortho intramolecular Hbond substituents is 1. The lowest BCUT2D eigenvalue weighted by Gasteiger charge is -2.26. The van der Waals surface area contributed by atoms with Crippen LogP contribution < -0.4 is 67.0 Å². The Hall–Kier alpha value is -15.4. The van der Waals surface area contributed by atoms with Gasteiger partial charge in [0.2, 0.25) is 36.6 Å². The van der Waals surface area contributed by atoms with Gasteiger partial charge in [-0.15, -0.1) is 0 Å². The third kappa shape index (κ3) is 24.9. The number of pyridine rings is 1. The van der Waals surface area contributed by atoms with Crippen molar-refractivity contribution in [3.8, 4) is 5.75 Å². The molecule has 3 saturated heterocycles. The topological polar surface area (TPSA) is 512 Å². The van der Waals surface area contributed by atoms with E-state index in [1.807, 2.05) is 103 Å². The smallest absolute Gasteiger partial charge is 0.310 e. The number of esters is 3. The quantitative estimate of drug-likeness (QED) is 0.0140. The molecule has 9 atom stereocenters. The van der Waals surface area contributed by atoms with Gasteiger partial charge in [0.15, 0.2) is 0 Å². The molecule has 0 saturated carbocycles. The Morgan fingerprint density at radius 2 is 0.817 bits per heavy atom. The number of nitrogens with two attached hydrogens (primary N) is 1. The van der Waals surface area contributed by atoms with Crippen LogP contribution in [-0.4, -0.2) is 230 Å². The first-order valence-corrected chi connectivity index (χ1v) is 45.3. The predicted molar refractivity (Wildman–Crippen MR) is 511 cm³/mol. The number of para-hydroxylation sites is 2. The van der Waals surface area contributed by atoms with E-state index >= 15 is 0 Å². The monoisotopic (exact) mass is 2000 g/mol. The van der Waals surface area contributed by atoms with E-state index < -0.39 is 196 Å². The maximum absolute atomic E-state index is 14.6. The first-order chi connectivity index (χ1) is 68.2. The summed E-state index contributed by atoms with van der Waals surface area (Å²) in [6.45, 7) is -1.47. The number of methoxy groups -OCH3 is 1. The molecule has 39 nitrogen and oxygen atoms in total. The van der Waals surface area contributed by atoms with Crippen molar-refractivity contribution in [3.63, 3.8) is 0 Å². The number of carbonyl (C=O) groups is 15. The highest BCUT2D eigenvalue weighted by molar-refractivity contribution is 6.39. The zero-order valence-corrected chi connectivity index (χ0v) is 78.3. The number of rotatable bonds is 28. The van der Waals surface area contributed by atoms with Crippen molar-refractivity contribution in [2.75, 3.05) is 101 Å². The first kappa shape index (κ1) is 102. The third-order valence-corrected chi connectivity index (χ3v) is 24.1. The number of aromatic hydroxyl groups is 1. The minimum Gasteiger partial charge on any atom is -0.507 e. The second kappa shape index (κ2) is 46.6. The lowest BCUT2D eigenvalue weighted by atomic mass is 10.0. The van der Waals surface area contributed by atoms with E-state index in [1.165, 1.54) is 67.9 Å². The number of hydrogen-bond donors (Lipinski definition) is 10. The van der Waals surface area contributed by atoms with Gasteiger partial charge in [-0.25, -0.2) is 4.39 Å². The van der Waals surface area contributed by atoms with Gasteiger partial charge < -0.3 is 101 Å². The Morgan fingerprint density at radius 3 is 1.25 bits per heavy atom. The molecular formula is C99H94Cl3FN14O25. The highest BCUT2D eigenvalue weighted by atomic mass is 35.5. The second-order valence-electron chi connectivity index (χ2n) is 33.2. The van der Waals surface area contributed by atoms with Gasteiger partial charge >= 0.3 is 17.9 Å². The minimum absolute atomic E-state index is 0.00414. The molecule has 7 heterocycles. The summed E-state index contributed by atoms with van der Waals surface area (Å²) in [4.78, 5) is 210. The molecule has 3 unspecified atom stereocenters. The van der Waals surface area contributed by atoms with Crippen LogP contribution in [0, 0.1) is 19.7 Å². The van der Waals surface area contributed by atoms with E-state index in [9.17, 15) is 91.6 Å². The number of carbonyl (C=O) groups excluding carboxylic acids is 15. The number of ether oxygens (including phenoxy) is 7. The SMILES string of the molecule is COCC(=O)N1C[C@H](NC(=O)c2cc(C)c(O)c(C)c2)C(=O)N(CC(=O)N[C@H]2CC(=O)OC2OCc2ccccc2)c2ccc(F)cc21.Nc1c(Cl)cc(C(=O)N[C@H]2CN(C(=O)CO)c3ccccc3N(CC(=O)N[C@H]3CC(=O)OC3OCc3ccccc3)C2=O)cc1Cl.O=C(CN1C(=O)[C@@H](NC(=O)c2nccc3ccccc23)CN(C(=O)CO)c2cc(Cl)ccc21)N[C@H]1CC(=O)OC1OCc1ccccc1. The van der Waals surface area contributed by atoms with Crippen LogP contribution in [0.5, 0.6) is 5.75 Å². The molecule has 738 valence electrons. The van der Waals surface area contributed by atoms with Crippen LogP contribution >= 0.6 is 34.8 Å². The molecule has 10 aromatic rings. The molecule has 11 N–H and O–H groups in total. The van der Waals surface area contributed by atoms with E-state index in [0.29, 0.717) is 16.5 Å². The van der Waals surface area contributed by atoms with Crippen molar-refractivity contribution >= 4 is 174 Å². The molecule has 9 aromatic carbocycles. The van der Waals surface area contributed by atoms with Crippen molar-refractivity contribution in [3.05, 3.63) is 278 Å². The highest BCUT2D eigenvalue weighted by Gasteiger charge is 2.46. The standard InChI is InChI=1S/C34H30ClN5O8.C34H35FN4O9.C31H29Cl2N5O8/c35-22-10-11-26-27(14-22)39(29(43)18-41)16-25(38-32(45)31-23-9-5-4-8-21(23)12-13-36-31)33(46)40(26)17-28(42)37-24-15-30(44)48-34(24)47-19-20-6-2-1-3-7-20;1-19-11-22(12-20(2)31(19)43)32(44)37-25-15-38(29(41)18-46-3)27-13-23(35)9-10-26(27)39(33(25)45)16-28(40)36-24-14-30(42)48-34(24)47-17-21-7-5-4-6-8-21;32-19-10-18(11-20(33)28(19)34)29(43)36-22-13-37(26(41)15-39)23-8-4-5-9-24(23)38(30(22)44)14-25(40)35-21-12-27(42)46-31(21)45-16-17-6-2-1-3-7-17/h1-14,24-25,34,41H,15-19H2,(H,37,42)(H,38,45);4-13,24-25,34,43H,14-18H2,1-3H3,(H,36,40)(H,37,44);1-11,21-22,31,39H,12-16,34H2,(H,35,40)(H,36,43)/t2*24-,25-,34?;21-,22-,31?/m000/s1. The molecule has 3 fully saturated rings. The Kier molecular flexibility index (Phi) is 33.6. The molecular weight excluding hydrogens is 1910 g/mol. The fourth-order valence-corrected chi connectivity index (χ4v) is 17.0. The molecule has 6 aliphatic rings. The molecule has 6 aliphatic heterocycles. The van der Waals surface area contributed by atoms with Gasteiger partial charge in [0.05, 0.1) is 109 Å². The predicted octanol–water partition coefficient (Wildman–Crippen LogP) is 6.60. The molecule has 43 heteroatoms. The summed E-state index contributed by atoms with van der Waals surface area (Å²) in [6, 6.07) is 49.2. The number of nitrogens with one attached hydrogen (secondary N) is 6. The van der Waals surface area contributed by atoms with Gasteiger partial charge in [-0.2, -0.15) is 0 Å². The molecule has 0 aliphatic carbocycles. The van der Waals surface area contributed by atoms with Crippen molar-refractivity contribution in [1.82, 2.24) is 36.9 Å². The Balaban J connectivity index is 0.000000169. The number of hydrogen-bond acceptors (Lipinski definition) is 27. The van der Waals surface area contributed by atoms with E-state index in [0.717, 1.165) is 63.6 Å². The normalized spacial score (nSPS) is 19.1. The summed E-state index contributed by atoms with van der Waals surface area (Å²) < 4.78 is 52.8. The minimum atomic E-state index is -1.39. The molecule has 12 amide bonds. The van der Waals surface area contributed by atoms with Gasteiger partial charge in [0, 0.05) is 34.8 Å². The van der Waals surface area contributed by atoms with Crippen molar-refractivity contribution < 1.29 is 125 Å². The number of fused-ring (bicyclic) bond motifs is 4. The van der Waals surface area contributed by atoms with E-state index in [-0.39, 0.29) is 130 Å². The number of aliphatic hydroxyl groups excluding tert-OH is 2. The molecule has 0 radical (unpaired) electrons. The summed E-state index contributed by atoms with van der Waals surface area (Å²) in [5.74, 6) is -10.9. The van der Waals surface area contributed by atoms with Gasteiger partial charge in [-0.3, -0.25) is 91.6 Å². The summed E-state index contributed by atoms with van der Waals surface area (Å²) in [5.41, 5.74) is 10.1. The Labute approximate surface area is 824 Å². The summed E-state index contributed by atoms with van der Waals surface area (Å²) in [6.07, 6.45) is -2.23. The zero-order chi connectivity index (χ0) is 101. The van der Waals surface area contributed by atoms with Crippen LogP contribution in [0.3, 0.4) is 0 Å². The fourth-order valence-electron chi connectivity index (χ4n) is 16.4. The molecule has 0 bridgehead atoms. The number of aliphatic hydroxyl groups is 2. The molecule has 0 spiro atoms. The third-order valence-electron chi connectivity index (χ3n) is 23.2. The number of anilines is 7. The number of benzene rings is 9. The fraction of sp³-hybridized carbons (Fsp3) is 0.273. The van der Waals surface area contributed by atoms with Crippen LogP contribution in [0.25, 0.3) is 10.8 Å². The summed E-state index contributed by atoms with van der Waals surface area (Å²) >= 11 is 18.5. The van der Waals surface area contributed by atoms with Crippen LogP contribution in [-0.2, 0) is 111 Å². The summed E-state index contributed by atoms with van der Waals surface area (Å²) in [5, 5.41) is 47.3. The maximum atomic E-state index is 14.6. The largest absolute Gasteiger partial charge is 0.507 e. The lowest BCUT2D eigenvalue weighted by molar-refractivity contribution is -0.168. The molecule has 142 heavy (non-hydrogen) atoms. The van der Waals surface area contributed by atoms with Crippen molar-refractivity contribution in [2.24, 2.45) is 0 Å². The number of cyclic esters (lactones) is 3. The highest BCUT2D eigenvalue weighted by Crippen LogP contribution is 2.40. The van der Waals surface area contributed by atoms with E-state index in [2.05, 4.69) is 36.9 Å².